The molecule has 1 saturated heterocycles. The van der Waals surface area contributed by atoms with Crippen LogP contribution in [0.25, 0.3) is 0 Å². The summed E-state index contributed by atoms with van der Waals surface area (Å²) in [6, 6.07) is 25.4. The Kier molecular flexibility index (Phi) is 8.91. The van der Waals surface area contributed by atoms with E-state index in [1.165, 1.54) is 5.56 Å². The molecule has 1 N–H and O–H groups in total. The van der Waals surface area contributed by atoms with Gasteiger partial charge in [-0.05, 0) is 85.8 Å². The maximum atomic E-state index is 13.6. The fourth-order valence-electron chi connectivity index (χ4n) is 4.66. The van der Waals surface area contributed by atoms with E-state index in [1.54, 1.807) is 25.1 Å². The number of aromatic nitrogens is 1. The van der Waals surface area contributed by atoms with Gasteiger partial charge in [0.25, 0.3) is 5.91 Å². The third-order valence-electron chi connectivity index (χ3n) is 7.13. The third-order valence-corrected chi connectivity index (χ3v) is 8.30. The van der Waals surface area contributed by atoms with Crippen LogP contribution in [0.1, 0.15) is 41.4 Å². The minimum Gasteiger partial charge on any atom is -0.497 e. The minimum atomic E-state index is -0.225. The van der Waals surface area contributed by atoms with E-state index in [1.807, 2.05) is 73.7 Å². The molecule has 1 amide bonds. The van der Waals surface area contributed by atoms with Crippen LogP contribution in [-0.2, 0) is 5.75 Å². The van der Waals surface area contributed by atoms with E-state index >= 15 is 0 Å². The van der Waals surface area contributed by atoms with Crippen LogP contribution in [0.2, 0.25) is 0 Å². The molecule has 40 heavy (non-hydrogen) atoms. The highest BCUT2D eigenvalue weighted by atomic mass is 32.2. The number of pyridine rings is 1. The molecule has 0 radical (unpaired) electrons. The lowest BCUT2D eigenvalue weighted by atomic mass is 9.99. The van der Waals surface area contributed by atoms with Gasteiger partial charge >= 0.3 is 0 Å². The van der Waals surface area contributed by atoms with E-state index < -0.39 is 0 Å². The summed E-state index contributed by atoms with van der Waals surface area (Å²) >= 11 is 1.65. The first kappa shape index (κ1) is 27.6. The second-order valence-electron chi connectivity index (χ2n) is 10.2. The second kappa shape index (κ2) is 12.9. The number of rotatable bonds is 9. The lowest BCUT2D eigenvalue weighted by Crippen LogP contribution is -2.33. The number of nitrogens with zero attached hydrogens (tertiary/aromatic N) is 2. The van der Waals surface area contributed by atoms with Crippen LogP contribution in [0.3, 0.4) is 0 Å². The van der Waals surface area contributed by atoms with Gasteiger partial charge in [-0.3, -0.25) is 4.79 Å². The standard InChI is InChI=1S/C33H35N3O3S/c1-23-4-10-28(11-5-23)39-29-14-8-26(9-15-29)35-33(37)31-32(40-22-25-6-12-27(38-3)13-7-25)30(16-19-34-31)36-20-17-24(2)18-21-36/h4-16,19,24H,17-18,20-22H2,1-3H3,(H,35,37). The average Bonchev–Trinajstić information content (AvgIpc) is 2.99. The summed E-state index contributed by atoms with van der Waals surface area (Å²) in [5, 5.41) is 3.04. The predicted molar refractivity (Wildman–Crippen MR) is 163 cm³/mol. The van der Waals surface area contributed by atoms with Gasteiger partial charge in [0, 0.05) is 30.7 Å². The maximum Gasteiger partial charge on any atom is 0.275 e. The Labute approximate surface area is 240 Å². The molecule has 206 valence electrons. The Bertz CT molecular complexity index is 1420. The van der Waals surface area contributed by atoms with E-state index in [4.69, 9.17) is 9.47 Å². The van der Waals surface area contributed by atoms with Gasteiger partial charge < -0.3 is 19.7 Å². The molecule has 4 aromatic rings. The molecule has 6 nitrogen and oxygen atoms in total. The van der Waals surface area contributed by atoms with Crippen LogP contribution < -0.4 is 19.7 Å². The zero-order chi connectivity index (χ0) is 27.9. The monoisotopic (exact) mass is 553 g/mol. The van der Waals surface area contributed by atoms with Gasteiger partial charge in [-0.2, -0.15) is 0 Å². The molecule has 0 bridgehead atoms. The number of piperidine rings is 1. The Morgan fingerprint density at radius 2 is 1.55 bits per heavy atom. The highest BCUT2D eigenvalue weighted by molar-refractivity contribution is 7.98. The molecule has 1 aliphatic heterocycles. The van der Waals surface area contributed by atoms with Crippen molar-refractivity contribution in [1.82, 2.24) is 4.98 Å². The smallest absolute Gasteiger partial charge is 0.275 e. The molecule has 0 unspecified atom stereocenters. The number of hydrogen-bond acceptors (Lipinski definition) is 6. The quantitative estimate of drug-likeness (QED) is 0.212. The molecule has 0 spiro atoms. The molecule has 7 heteroatoms. The van der Waals surface area contributed by atoms with Crippen LogP contribution in [0, 0.1) is 12.8 Å². The summed E-state index contributed by atoms with van der Waals surface area (Å²) in [7, 11) is 1.67. The number of thioether (sulfide) groups is 1. The first-order valence-electron chi connectivity index (χ1n) is 13.6. The number of carbonyl (C=O) groups excluding carboxylic acids is 1. The van der Waals surface area contributed by atoms with Crippen LogP contribution in [0.15, 0.2) is 90.0 Å². The lowest BCUT2D eigenvalue weighted by molar-refractivity contribution is 0.101. The number of ether oxygens (including phenoxy) is 2. The van der Waals surface area contributed by atoms with Crippen molar-refractivity contribution in [3.05, 3.63) is 102 Å². The minimum absolute atomic E-state index is 0.225. The van der Waals surface area contributed by atoms with Gasteiger partial charge in [-0.1, -0.05) is 36.8 Å². The largest absolute Gasteiger partial charge is 0.497 e. The fourth-order valence-corrected chi connectivity index (χ4v) is 5.79. The van der Waals surface area contributed by atoms with E-state index in [-0.39, 0.29) is 5.91 Å². The molecule has 2 heterocycles. The van der Waals surface area contributed by atoms with Crippen molar-refractivity contribution < 1.29 is 14.3 Å². The molecule has 0 saturated carbocycles. The molecule has 3 aromatic carbocycles. The third kappa shape index (κ3) is 6.96. The SMILES string of the molecule is COc1ccc(CSc2c(N3CCC(C)CC3)ccnc2C(=O)Nc2ccc(Oc3ccc(C)cc3)cc2)cc1. The van der Waals surface area contributed by atoms with Crippen molar-refractivity contribution in [2.24, 2.45) is 5.92 Å². The predicted octanol–water partition coefficient (Wildman–Crippen LogP) is 7.97. The number of benzene rings is 3. The van der Waals surface area contributed by atoms with Crippen molar-refractivity contribution in [3.63, 3.8) is 0 Å². The van der Waals surface area contributed by atoms with E-state index in [9.17, 15) is 4.79 Å². The molecular formula is C33H35N3O3S. The summed E-state index contributed by atoms with van der Waals surface area (Å²) < 4.78 is 11.2. The van der Waals surface area contributed by atoms with Crippen LogP contribution in [0.4, 0.5) is 11.4 Å². The first-order chi connectivity index (χ1) is 19.5. The Hall–Kier alpha value is -3.97. The Morgan fingerprint density at radius 3 is 2.20 bits per heavy atom. The molecular weight excluding hydrogens is 518 g/mol. The number of methoxy groups -OCH3 is 1. The number of carbonyl (C=O) groups is 1. The topological polar surface area (TPSA) is 63.7 Å². The number of nitrogens with one attached hydrogen (secondary N) is 1. The lowest BCUT2D eigenvalue weighted by Gasteiger charge is -2.33. The van der Waals surface area contributed by atoms with Gasteiger partial charge in [0.15, 0.2) is 0 Å². The molecule has 0 aliphatic carbocycles. The van der Waals surface area contributed by atoms with Gasteiger partial charge in [-0.15, -0.1) is 11.8 Å². The fraction of sp³-hybridized carbons (Fsp3) is 0.273. The van der Waals surface area contributed by atoms with E-state index in [0.29, 0.717) is 23.0 Å². The van der Waals surface area contributed by atoms with Crippen molar-refractivity contribution in [2.45, 2.75) is 37.3 Å². The van der Waals surface area contributed by atoms with Gasteiger partial charge in [0.1, 0.15) is 22.9 Å². The van der Waals surface area contributed by atoms with Crippen molar-refractivity contribution in [3.8, 4) is 17.2 Å². The summed E-state index contributed by atoms with van der Waals surface area (Å²) in [6.45, 7) is 6.30. The summed E-state index contributed by atoms with van der Waals surface area (Å²) in [4.78, 5) is 21.4. The second-order valence-corrected chi connectivity index (χ2v) is 11.2. The number of anilines is 2. The number of amides is 1. The summed E-state index contributed by atoms with van der Waals surface area (Å²) in [6.07, 6.45) is 4.03. The molecule has 1 aliphatic rings. The zero-order valence-corrected chi connectivity index (χ0v) is 24.0. The van der Waals surface area contributed by atoms with Crippen molar-refractivity contribution >= 4 is 29.0 Å². The van der Waals surface area contributed by atoms with Gasteiger partial charge in [0.2, 0.25) is 0 Å². The van der Waals surface area contributed by atoms with Crippen LogP contribution in [0.5, 0.6) is 17.2 Å². The highest BCUT2D eigenvalue weighted by Gasteiger charge is 2.24. The Morgan fingerprint density at radius 1 is 0.925 bits per heavy atom. The highest BCUT2D eigenvalue weighted by Crippen LogP contribution is 2.37. The molecule has 1 aromatic heterocycles. The average molecular weight is 554 g/mol. The van der Waals surface area contributed by atoms with E-state index in [2.05, 4.69) is 34.3 Å². The molecule has 5 rings (SSSR count). The normalized spacial score (nSPS) is 13.6. The van der Waals surface area contributed by atoms with Crippen molar-refractivity contribution in [2.75, 3.05) is 30.4 Å². The van der Waals surface area contributed by atoms with Gasteiger partial charge in [0.05, 0.1) is 17.7 Å². The summed E-state index contributed by atoms with van der Waals surface area (Å²) in [5.41, 5.74) is 4.54. The maximum absolute atomic E-state index is 13.6. The van der Waals surface area contributed by atoms with Crippen molar-refractivity contribution in [1.29, 1.82) is 0 Å². The number of aryl methyl sites for hydroxylation is 1. The summed E-state index contributed by atoms with van der Waals surface area (Å²) in [5.74, 6) is 3.52. The molecule has 0 atom stereocenters. The van der Waals surface area contributed by atoms with Crippen LogP contribution in [-0.4, -0.2) is 31.1 Å². The van der Waals surface area contributed by atoms with E-state index in [0.717, 1.165) is 59.3 Å². The van der Waals surface area contributed by atoms with Gasteiger partial charge in [-0.25, -0.2) is 4.98 Å². The first-order valence-corrected chi connectivity index (χ1v) is 14.6. The van der Waals surface area contributed by atoms with Crippen LogP contribution >= 0.6 is 11.8 Å². The molecule has 1 fully saturated rings. The number of hydrogen-bond donors (Lipinski definition) is 1. The zero-order valence-electron chi connectivity index (χ0n) is 23.2. The Balaban J connectivity index is 1.34.